The van der Waals surface area contributed by atoms with Crippen LogP contribution < -0.4 is 31.3 Å². The van der Waals surface area contributed by atoms with Crippen LogP contribution in [-0.2, 0) is 22.7 Å². The Labute approximate surface area is 294 Å². The maximum atomic E-state index is 13.1. The molecule has 0 spiro atoms. The molecule has 0 bridgehead atoms. The smallest absolute Gasteiger partial charge is 0.274 e. The van der Waals surface area contributed by atoms with Crippen LogP contribution in [0.25, 0.3) is 22.4 Å². The minimum Gasteiger partial charge on any atom is -0.496 e. The number of hydrogen-bond donors (Lipinski definition) is 5. The summed E-state index contributed by atoms with van der Waals surface area (Å²) in [6.07, 6.45) is 6.11. The number of carbonyl (C=O) groups excluding carboxylic acids is 3. The van der Waals surface area contributed by atoms with Gasteiger partial charge in [0.25, 0.3) is 5.91 Å². The number of hydrogen-bond acceptors (Lipinski definition) is 8. The highest BCUT2D eigenvalue weighted by Crippen LogP contribution is 2.41. The second kappa shape index (κ2) is 15.8. The van der Waals surface area contributed by atoms with Gasteiger partial charge in [0, 0.05) is 85.8 Å². The quantitative estimate of drug-likeness (QED) is 0.129. The van der Waals surface area contributed by atoms with Gasteiger partial charge in [-0.15, -0.1) is 0 Å². The molecule has 2 aromatic carbocycles. The van der Waals surface area contributed by atoms with Crippen molar-refractivity contribution < 1.29 is 19.1 Å². The van der Waals surface area contributed by atoms with Crippen molar-refractivity contribution in [3.05, 3.63) is 93.9 Å². The number of nitrogens with zero attached hydrogens (tertiary/aromatic N) is 2. The summed E-state index contributed by atoms with van der Waals surface area (Å²) >= 11 is 13.8. The van der Waals surface area contributed by atoms with Gasteiger partial charge in [-0.1, -0.05) is 53.5 Å². The molecule has 0 radical (unpaired) electrons. The van der Waals surface area contributed by atoms with Crippen molar-refractivity contribution in [3.8, 4) is 28.1 Å². The van der Waals surface area contributed by atoms with E-state index in [4.69, 9.17) is 27.9 Å². The van der Waals surface area contributed by atoms with E-state index in [0.29, 0.717) is 77.3 Å². The zero-order chi connectivity index (χ0) is 34.3. The molecule has 4 heterocycles. The van der Waals surface area contributed by atoms with Gasteiger partial charge in [-0.05, 0) is 42.7 Å². The molecule has 11 nitrogen and oxygen atoms in total. The van der Waals surface area contributed by atoms with E-state index < -0.39 is 5.91 Å². The number of methoxy groups -OCH3 is 1. The lowest BCUT2D eigenvalue weighted by Crippen LogP contribution is -2.35. The molecule has 0 saturated carbocycles. The fraction of sp³-hybridized carbons (Fsp3) is 0.306. The molecule has 5 N–H and O–H groups in total. The Morgan fingerprint density at radius 3 is 2.24 bits per heavy atom. The molecule has 254 valence electrons. The predicted molar refractivity (Wildman–Crippen MR) is 190 cm³/mol. The van der Waals surface area contributed by atoms with Gasteiger partial charge >= 0.3 is 0 Å². The third-order valence-electron chi connectivity index (χ3n) is 8.64. The molecule has 6 rings (SSSR count). The number of pyridine rings is 2. The summed E-state index contributed by atoms with van der Waals surface area (Å²) in [5.74, 6) is 0.464. The molecule has 2 aliphatic heterocycles. The molecular formula is C36H37Cl2N7O4. The van der Waals surface area contributed by atoms with Gasteiger partial charge in [-0.2, -0.15) is 0 Å². The highest BCUT2D eigenvalue weighted by molar-refractivity contribution is 6.39. The maximum Gasteiger partial charge on any atom is 0.274 e. The second-order valence-electron chi connectivity index (χ2n) is 12.1. The number of halogens is 2. The lowest BCUT2D eigenvalue weighted by atomic mass is 10.0. The topological polar surface area (TPSA) is 146 Å². The molecule has 0 aliphatic carbocycles. The van der Waals surface area contributed by atoms with E-state index in [-0.39, 0.29) is 29.6 Å². The van der Waals surface area contributed by atoms with Crippen molar-refractivity contribution in [2.45, 2.75) is 50.9 Å². The van der Waals surface area contributed by atoms with Crippen LogP contribution in [0.1, 0.15) is 47.3 Å². The highest BCUT2D eigenvalue weighted by atomic mass is 35.5. The minimum atomic E-state index is -0.400. The number of anilines is 1. The first-order valence-corrected chi connectivity index (χ1v) is 16.9. The van der Waals surface area contributed by atoms with Crippen molar-refractivity contribution in [2.24, 2.45) is 0 Å². The Morgan fingerprint density at radius 1 is 0.878 bits per heavy atom. The first-order chi connectivity index (χ1) is 23.8. The van der Waals surface area contributed by atoms with Gasteiger partial charge in [0.2, 0.25) is 11.8 Å². The first-order valence-electron chi connectivity index (χ1n) is 16.2. The van der Waals surface area contributed by atoms with Crippen molar-refractivity contribution in [3.63, 3.8) is 0 Å². The molecule has 3 amide bonds. The second-order valence-corrected chi connectivity index (χ2v) is 12.8. The number of nitrogens with one attached hydrogen (secondary N) is 5. The largest absolute Gasteiger partial charge is 0.496 e. The zero-order valence-corrected chi connectivity index (χ0v) is 28.5. The molecule has 4 aromatic rings. The molecule has 13 heteroatoms. The van der Waals surface area contributed by atoms with E-state index in [1.165, 1.54) is 0 Å². The number of aromatic nitrogens is 2. The van der Waals surface area contributed by atoms with Crippen molar-refractivity contribution in [2.75, 3.05) is 25.5 Å². The van der Waals surface area contributed by atoms with Crippen LogP contribution in [0.2, 0.25) is 10.0 Å². The molecule has 49 heavy (non-hydrogen) atoms. The number of amides is 3. The van der Waals surface area contributed by atoms with E-state index in [1.54, 1.807) is 43.8 Å². The standard InChI is InChI=1S/C36H37Cl2N7O4/c1-49-30-15-22(6-7-23(30)18-40-20-25-9-12-32(47)44-25)35-34(38)27(13-14-41-35)26-3-2-4-28(33(26)37)45-36(48)29-10-5-21(17-42-29)16-39-19-24-8-11-31(46)43-24/h2-7,10,13-15,17,24-25,39-40H,8-9,11-12,16,18-20H2,1H3,(H,43,46)(H,44,47)(H,45,48)/t24-,25-/m1/s1. The van der Waals surface area contributed by atoms with E-state index >= 15 is 0 Å². The molecule has 2 aliphatic rings. The van der Waals surface area contributed by atoms with Crippen LogP contribution in [0.15, 0.2) is 67.0 Å². The van der Waals surface area contributed by atoms with Crippen molar-refractivity contribution in [1.29, 1.82) is 0 Å². The van der Waals surface area contributed by atoms with E-state index in [1.807, 2.05) is 30.3 Å². The Bertz CT molecular complexity index is 1850. The molecular weight excluding hydrogens is 665 g/mol. The van der Waals surface area contributed by atoms with Gasteiger partial charge in [-0.3, -0.25) is 24.4 Å². The van der Waals surface area contributed by atoms with E-state index in [2.05, 4.69) is 36.6 Å². The van der Waals surface area contributed by atoms with Crippen LogP contribution >= 0.6 is 23.2 Å². The van der Waals surface area contributed by atoms with Crippen LogP contribution in [0, 0.1) is 0 Å². The monoisotopic (exact) mass is 701 g/mol. The van der Waals surface area contributed by atoms with Crippen LogP contribution in [0.5, 0.6) is 5.75 Å². The van der Waals surface area contributed by atoms with Gasteiger partial charge < -0.3 is 31.3 Å². The van der Waals surface area contributed by atoms with E-state index in [0.717, 1.165) is 29.5 Å². The summed E-state index contributed by atoms with van der Waals surface area (Å²) in [4.78, 5) is 44.9. The summed E-state index contributed by atoms with van der Waals surface area (Å²) in [6.45, 7) is 2.50. The summed E-state index contributed by atoms with van der Waals surface area (Å²) in [6, 6.07) is 16.7. The average molecular weight is 703 g/mol. The average Bonchev–Trinajstić information content (AvgIpc) is 3.73. The lowest BCUT2D eigenvalue weighted by Gasteiger charge is -2.16. The summed E-state index contributed by atoms with van der Waals surface area (Å²) in [5.41, 5.74) is 5.16. The Balaban J connectivity index is 1.12. The predicted octanol–water partition coefficient (Wildman–Crippen LogP) is 5.11. The van der Waals surface area contributed by atoms with Gasteiger partial charge in [0.1, 0.15) is 11.4 Å². The van der Waals surface area contributed by atoms with Crippen LogP contribution in [0.3, 0.4) is 0 Å². The van der Waals surface area contributed by atoms with Crippen LogP contribution in [-0.4, -0.2) is 60.0 Å². The summed E-state index contributed by atoms with van der Waals surface area (Å²) in [5, 5.41) is 16.2. The van der Waals surface area contributed by atoms with Gasteiger partial charge in [0.05, 0.1) is 28.5 Å². The van der Waals surface area contributed by atoms with Gasteiger partial charge in [-0.25, -0.2) is 0 Å². The highest BCUT2D eigenvalue weighted by Gasteiger charge is 2.22. The molecule has 2 fully saturated rings. The Morgan fingerprint density at radius 2 is 1.59 bits per heavy atom. The first kappa shape index (κ1) is 34.3. The molecule has 0 unspecified atom stereocenters. The molecule has 2 aromatic heterocycles. The third-order valence-corrected chi connectivity index (χ3v) is 9.43. The minimum absolute atomic E-state index is 0.0871. The van der Waals surface area contributed by atoms with Crippen molar-refractivity contribution in [1.82, 2.24) is 31.2 Å². The number of benzene rings is 2. The van der Waals surface area contributed by atoms with Crippen LogP contribution in [0.4, 0.5) is 5.69 Å². The summed E-state index contributed by atoms with van der Waals surface area (Å²) in [7, 11) is 1.62. The normalized spacial score (nSPS) is 17.1. The Hall–Kier alpha value is -4.55. The SMILES string of the molecule is COc1cc(-c2nccc(-c3cccc(NC(=O)c4ccc(CNC[C@H]5CCC(=O)N5)cn4)c3Cl)c2Cl)ccc1CNC[C@H]1CCC(=O)N1. The zero-order valence-electron chi connectivity index (χ0n) is 26.9. The molecule has 2 saturated heterocycles. The lowest BCUT2D eigenvalue weighted by molar-refractivity contribution is -0.120. The number of ether oxygens (including phenoxy) is 1. The van der Waals surface area contributed by atoms with Gasteiger partial charge in [0.15, 0.2) is 0 Å². The molecule has 2 atom stereocenters. The Kier molecular flexibility index (Phi) is 11.0. The van der Waals surface area contributed by atoms with E-state index in [9.17, 15) is 14.4 Å². The third kappa shape index (κ3) is 8.37. The van der Waals surface area contributed by atoms with Crippen molar-refractivity contribution >= 4 is 46.6 Å². The fourth-order valence-corrected chi connectivity index (χ4v) is 6.61. The number of carbonyl (C=O) groups is 3. The number of rotatable bonds is 13. The summed E-state index contributed by atoms with van der Waals surface area (Å²) < 4.78 is 5.69. The fourth-order valence-electron chi connectivity index (χ4n) is 6.01. The maximum absolute atomic E-state index is 13.1.